The molecular weight excluding hydrogens is 406 g/mol. The average molecular weight is 438 g/mol. The Bertz CT molecular complexity index is 524. The van der Waals surface area contributed by atoms with Crippen molar-refractivity contribution in [3.05, 3.63) is 0 Å². The highest BCUT2D eigenvalue weighted by Crippen LogP contribution is 2.03. The van der Waals surface area contributed by atoms with Crippen molar-refractivity contribution in [1.29, 1.82) is 0 Å². The number of carbonyl (C=O) groups excluding carboxylic acids is 3. The molecular formula is C16H31N5O5S2. The van der Waals surface area contributed by atoms with E-state index in [1.54, 1.807) is 11.8 Å². The van der Waals surface area contributed by atoms with Crippen molar-refractivity contribution in [3.63, 3.8) is 0 Å². The van der Waals surface area contributed by atoms with Gasteiger partial charge < -0.3 is 32.5 Å². The zero-order valence-electron chi connectivity index (χ0n) is 16.0. The third-order valence-corrected chi connectivity index (χ3v) is 4.80. The summed E-state index contributed by atoms with van der Waals surface area (Å²) in [5.74, 6) is -2.24. The number of amides is 3. The molecule has 0 rings (SSSR count). The maximum absolute atomic E-state index is 12.3. The first kappa shape index (κ1) is 26.5. The fraction of sp³-hybridized carbons (Fsp3) is 0.750. The number of carboxylic acid groups (broad SMARTS) is 1. The summed E-state index contributed by atoms with van der Waals surface area (Å²) >= 11 is 5.45. The summed E-state index contributed by atoms with van der Waals surface area (Å²) in [6.45, 7) is 0.0993. The van der Waals surface area contributed by atoms with Gasteiger partial charge in [-0.15, -0.1) is 0 Å². The SMILES string of the molecule is CSCCC(N)C(=O)NCC(=O)NC(CCCCN)C(=O)NC(CS)C(=O)O. The summed E-state index contributed by atoms with van der Waals surface area (Å²) in [5.41, 5.74) is 11.2. The fourth-order valence-corrected chi connectivity index (χ4v) is 2.88. The second-order valence-electron chi connectivity index (χ2n) is 6.09. The van der Waals surface area contributed by atoms with Crippen LogP contribution in [0.1, 0.15) is 25.7 Å². The normalized spacial score (nSPS) is 13.9. The molecule has 0 aliphatic rings. The first-order valence-electron chi connectivity index (χ1n) is 8.92. The molecule has 0 aromatic heterocycles. The number of thiol groups is 1. The van der Waals surface area contributed by atoms with E-state index in [1.165, 1.54) is 0 Å². The van der Waals surface area contributed by atoms with Crippen LogP contribution in [-0.2, 0) is 19.2 Å². The predicted octanol–water partition coefficient (Wildman–Crippen LogP) is -1.70. The highest BCUT2D eigenvalue weighted by atomic mass is 32.2. The maximum Gasteiger partial charge on any atom is 0.327 e. The van der Waals surface area contributed by atoms with Gasteiger partial charge in [0, 0.05) is 5.75 Å². The van der Waals surface area contributed by atoms with Crippen LogP contribution >= 0.6 is 24.4 Å². The largest absolute Gasteiger partial charge is 0.480 e. The highest BCUT2D eigenvalue weighted by molar-refractivity contribution is 7.98. The van der Waals surface area contributed by atoms with Crippen molar-refractivity contribution < 1.29 is 24.3 Å². The third-order valence-electron chi connectivity index (χ3n) is 3.79. The molecule has 0 spiro atoms. The number of hydrogen-bond acceptors (Lipinski definition) is 8. The Morgan fingerprint density at radius 1 is 1.07 bits per heavy atom. The Hall–Kier alpha value is -1.50. The first-order valence-corrected chi connectivity index (χ1v) is 10.9. The lowest BCUT2D eigenvalue weighted by Crippen LogP contribution is -2.54. The zero-order valence-corrected chi connectivity index (χ0v) is 17.7. The fourth-order valence-electron chi connectivity index (χ4n) is 2.14. The van der Waals surface area contributed by atoms with Crippen molar-refractivity contribution in [2.24, 2.45) is 11.5 Å². The van der Waals surface area contributed by atoms with E-state index >= 15 is 0 Å². The van der Waals surface area contributed by atoms with Gasteiger partial charge in [0.05, 0.1) is 12.6 Å². The van der Waals surface area contributed by atoms with Gasteiger partial charge in [-0.2, -0.15) is 24.4 Å². The van der Waals surface area contributed by atoms with Crippen LogP contribution in [0.4, 0.5) is 0 Å². The molecule has 0 aromatic carbocycles. The van der Waals surface area contributed by atoms with Gasteiger partial charge >= 0.3 is 5.97 Å². The number of hydrogen-bond donors (Lipinski definition) is 7. The lowest BCUT2D eigenvalue weighted by molar-refractivity contribution is -0.141. The van der Waals surface area contributed by atoms with Gasteiger partial charge in [0.15, 0.2) is 0 Å². The average Bonchev–Trinajstić information content (AvgIpc) is 2.67. The van der Waals surface area contributed by atoms with Crippen LogP contribution in [0.15, 0.2) is 0 Å². The number of thioether (sulfide) groups is 1. The summed E-state index contributed by atoms with van der Waals surface area (Å²) in [6.07, 6.45) is 3.89. The van der Waals surface area contributed by atoms with Gasteiger partial charge in [-0.3, -0.25) is 14.4 Å². The van der Waals surface area contributed by atoms with E-state index in [4.69, 9.17) is 16.6 Å². The Kier molecular flexibility index (Phi) is 14.6. The second kappa shape index (κ2) is 15.4. The molecule has 0 saturated carbocycles. The molecule has 0 aliphatic carbocycles. The minimum atomic E-state index is -1.22. The molecule has 0 fully saturated rings. The number of carboxylic acids is 1. The van der Waals surface area contributed by atoms with Crippen LogP contribution in [0.25, 0.3) is 0 Å². The lowest BCUT2D eigenvalue weighted by Gasteiger charge is -2.21. The van der Waals surface area contributed by atoms with Gasteiger partial charge in [-0.1, -0.05) is 0 Å². The van der Waals surface area contributed by atoms with Gasteiger partial charge in [0.1, 0.15) is 12.1 Å². The molecule has 0 aromatic rings. The number of nitrogens with two attached hydrogens (primary N) is 2. The number of carbonyl (C=O) groups is 4. The molecule has 28 heavy (non-hydrogen) atoms. The van der Waals surface area contributed by atoms with E-state index in [1.807, 2.05) is 6.26 Å². The Morgan fingerprint density at radius 3 is 2.29 bits per heavy atom. The van der Waals surface area contributed by atoms with Gasteiger partial charge in [-0.25, -0.2) is 4.79 Å². The van der Waals surface area contributed by atoms with Crippen LogP contribution in [0, 0.1) is 0 Å². The van der Waals surface area contributed by atoms with E-state index in [0.29, 0.717) is 25.8 Å². The van der Waals surface area contributed by atoms with Gasteiger partial charge in [0.25, 0.3) is 0 Å². The van der Waals surface area contributed by atoms with Crippen molar-refractivity contribution in [3.8, 4) is 0 Å². The Labute approximate surface area is 174 Å². The minimum Gasteiger partial charge on any atom is -0.480 e. The molecule has 0 radical (unpaired) electrons. The molecule has 0 heterocycles. The standard InChI is InChI=1S/C16H31N5O5S2/c1-28-7-5-10(18)14(23)19-8-13(22)20-11(4-2-3-6-17)15(24)21-12(9-27)16(25)26/h10-12,27H,2-9,17-18H2,1H3,(H,19,23)(H,20,22)(H,21,24)(H,25,26). The molecule has 3 unspecified atom stereocenters. The number of rotatable bonds is 15. The smallest absolute Gasteiger partial charge is 0.327 e. The predicted molar refractivity (Wildman–Crippen MR) is 112 cm³/mol. The lowest BCUT2D eigenvalue weighted by atomic mass is 10.1. The summed E-state index contributed by atoms with van der Waals surface area (Å²) in [5, 5.41) is 16.3. The maximum atomic E-state index is 12.3. The molecule has 8 N–H and O–H groups in total. The van der Waals surface area contributed by atoms with Crippen LogP contribution in [0.5, 0.6) is 0 Å². The zero-order chi connectivity index (χ0) is 21.5. The van der Waals surface area contributed by atoms with E-state index in [-0.39, 0.29) is 18.7 Å². The summed E-state index contributed by atoms with van der Waals surface area (Å²) < 4.78 is 0. The molecule has 162 valence electrons. The number of aliphatic carboxylic acids is 1. The number of nitrogens with one attached hydrogen (secondary N) is 3. The van der Waals surface area contributed by atoms with E-state index in [0.717, 1.165) is 5.75 Å². The van der Waals surface area contributed by atoms with Crippen molar-refractivity contribution >= 4 is 48.1 Å². The monoisotopic (exact) mass is 437 g/mol. The van der Waals surface area contributed by atoms with Crippen LogP contribution in [0.2, 0.25) is 0 Å². The molecule has 0 bridgehead atoms. The summed E-state index contributed by atoms with van der Waals surface area (Å²) in [4.78, 5) is 47.4. The molecule has 3 amide bonds. The first-order chi connectivity index (χ1) is 13.3. The molecule has 3 atom stereocenters. The molecule has 0 saturated heterocycles. The summed E-state index contributed by atoms with van der Waals surface area (Å²) in [6, 6.07) is -2.82. The van der Waals surface area contributed by atoms with Crippen LogP contribution < -0.4 is 27.4 Å². The number of unbranched alkanes of at least 4 members (excludes halogenated alkanes) is 1. The van der Waals surface area contributed by atoms with Crippen LogP contribution in [-0.4, -0.2) is 77.8 Å². The van der Waals surface area contributed by atoms with Gasteiger partial charge in [-0.05, 0) is 44.2 Å². The van der Waals surface area contributed by atoms with Crippen molar-refractivity contribution in [1.82, 2.24) is 16.0 Å². The molecule has 12 heteroatoms. The second-order valence-corrected chi connectivity index (χ2v) is 7.44. The molecule has 10 nitrogen and oxygen atoms in total. The van der Waals surface area contributed by atoms with Crippen molar-refractivity contribution in [2.75, 3.05) is 30.9 Å². The van der Waals surface area contributed by atoms with Gasteiger partial charge in [0.2, 0.25) is 17.7 Å². The summed E-state index contributed by atoms with van der Waals surface area (Å²) in [7, 11) is 0. The minimum absolute atomic E-state index is 0.0888. The quantitative estimate of drug-likeness (QED) is 0.117. The third kappa shape index (κ3) is 11.4. The van der Waals surface area contributed by atoms with E-state index in [9.17, 15) is 19.2 Å². The Balaban J connectivity index is 4.71. The van der Waals surface area contributed by atoms with E-state index in [2.05, 4.69) is 28.6 Å². The van der Waals surface area contributed by atoms with Crippen molar-refractivity contribution in [2.45, 2.75) is 43.8 Å². The van der Waals surface area contributed by atoms with E-state index < -0.39 is 41.8 Å². The van der Waals surface area contributed by atoms with Crippen LogP contribution in [0.3, 0.4) is 0 Å². The Morgan fingerprint density at radius 2 is 1.75 bits per heavy atom. The topological polar surface area (TPSA) is 177 Å². The highest BCUT2D eigenvalue weighted by Gasteiger charge is 2.25. The molecule has 0 aliphatic heterocycles.